The van der Waals surface area contributed by atoms with E-state index >= 15 is 0 Å². The van der Waals surface area contributed by atoms with Gasteiger partial charge in [0.2, 0.25) is 15.9 Å². The van der Waals surface area contributed by atoms with Gasteiger partial charge in [0.15, 0.2) is 10.9 Å². The molecule has 0 fully saturated rings. The van der Waals surface area contributed by atoms with Gasteiger partial charge in [-0.2, -0.15) is 5.10 Å². The largest absolute Gasteiger partial charge is 0.348 e. The van der Waals surface area contributed by atoms with Gasteiger partial charge < -0.3 is 4.90 Å². The molecule has 0 bridgehead atoms. The minimum Gasteiger partial charge on any atom is -0.348 e. The summed E-state index contributed by atoms with van der Waals surface area (Å²) in [5.74, 6) is 0.103. The number of aryl methyl sites for hydroxylation is 1. The summed E-state index contributed by atoms with van der Waals surface area (Å²) in [6, 6.07) is 3.23. The zero-order valence-electron chi connectivity index (χ0n) is 12.2. The molecule has 2 heterocycles. The zero-order valence-corrected chi connectivity index (χ0v) is 13.0. The molecule has 1 atom stereocenters. The molecule has 2 aromatic heterocycles. The van der Waals surface area contributed by atoms with Crippen molar-refractivity contribution in [3.05, 3.63) is 24.2 Å². The second-order valence-corrected chi connectivity index (χ2v) is 6.90. The lowest BCUT2D eigenvalue weighted by atomic mass is 10.4. The molecule has 9 heteroatoms. The number of nitrogens with zero attached hydrogens (tertiary/aromatic N) is 4. The first kappa shape index (κ1) is 15.2. The van der Waals surface area contributed by atoms with E-state index in [0.29, 0.717) is 17.2 Å². The van der Waals surface area contributed by atoms with Crippen LogP contribution in [0, 0.1) is 6.92 Å². The molecular weight excluding hydrogens is 294 g/mol. The van der Waals surface area contributed by atoms with Gasteiger partial charge >= 0.3 is 0 Å². The second kappa shape index (κ2) is 5.32. The highest BCUT2D eigenvalue weighted by Gasteiger charge is 2.29. The molecule has 8 nitrogen and oxygen atoms in total. The molecule has 2 aromatic rings. The van der Waals surface area contributed by atoms with Crippen LogP contribution in [0.5, 0.6) is 0 Å². The van der Waals surface area contributed by atoms with Crippen LogP contribution in [0.1, 0.15) is 12.7 Å². The first-order valence-electron chi connectivity index (χ1n) is 6.26. The zero-order chi connectivity index (χ0) is 15.8. The van der Waals surface area contributed by atoms with E-state index in [-0.39, 0.29) is 0 Å². The smallest absolute Gasteiger partial charge is 0.244 e. The van der Waals surface area contributed by atoms with Gasteiger partial charge in [-0.25, -0.2) is 17.9 Å². The van der Waals surface area contributed by atoms with Crippen molar-refractivity contribution in [1.29, 1.82) is 0 Å². The molecule has 0 aromatic carbocycles. The molecule has 0 aliphatic carbocycles. The van der Waals surface area contributed by atoms with E-state index in [2.05, 4.69) is 14.8 Å². The summed E-state index contributed by atoms with van der Waals surface area (Å²) in [5, 5.41) is 2.93. The Labute approximate surface area is 122 Å². The summed E-state index contributed by atoms with van der Waals surface area (Å²) in [6.07, 6.45) is 1.51. The molecular formula is C12H17N5O3S. The average molecular weight is 311 g/mol. The Bertz CT molecular complexity index is 781. The number of nitrogens with one attached hydrogen (secondary N) is 1. The highest BCUT2D eigenvalue weighted by molar-refractivity contribution is 7.94. The molecule has 0 saturated heterocycles. The minimum atomic E-state index is -3.82. The van der Waals surface area contributed by atoms with E-state index in [4.69, 9.17) is 0 Å². The predicted octanol–water partition coefficient (Wildman–Crippen LogP) is 0.256. The van der Waals surface area contributed by atoms with E-state index in [0.717, 1.165) is 0 Å². The maximum atomic E-state index is 12.2. The lowest BCUT2D eigenvalue weighted by Crippen LogP contribution is -2.39. The summed E-state index contributed by atoms with van der Waals surface area (Å²) in [7, 11) is -0.797. The van der Waals surface area contributed by atoms with Crippen LogP contribution in [-0.2, 0) is 14.8 Å². The molecule has 0 aliphatic rings. The van der Waals surface area contributed by atoms with E-state index in [1.807, 2.05) is 0 Å². The first-order valence-corrected chi connectivity index (χ1v) is 7.81. The number of fused-ring (bicyclic) bond motifs is 1. The number of amides is 1. The van der Waals surface area contributed by atoms with Gasteiger partial charge in [0.1, 0.15) is 5.82 Å². The quantitative estimate of drug-likeness (QED) is 0.873. The maximum Gasteiger partial charge on any atom is 0.244 e. The number of aromatic nitrogens is 3. The SMILES string of the molecule is Cc1nc2ccc(NS(=O)(=O)C(C)C(=O)N(C)C)cn2n1. The van der Waals surface area contributed by atoms with Crippen LogP contribution in [0.25, 0.3) is 5.65 Å². The highest BCUT2D eigenvalue weighted by Crippen LogP contribution is 2.14. The summed E-state index contributed by atoms with van der Waals surface area (Å²) >= 11 is 0. The van der Waals surface area contributed by atoms with E-state index in [1.165, 1.54) is 36.6 Å². The average Bonchev–Trinajstić information content (AvgIpc) is 2.75. The van der Waals surface area contributed by atoms with Gasteiger partial charge in [0, 0.05) is 14.1 Å². The van der Waals surface area contributed by atoms with Crippen molar-refractivity contribution in [1.82, 2.24) is 19.5 Å². The normalized spacial score (nSPS) is 13.1. The van der Waals surface area contributed by atoms with Crippen LogP contribution in [0.4, 0.5) is 5.69 Å². The molecule has 1 unspecified atom stereocenters. The number of rotatable bonds is 4. The van der Waals surface area contributed by atoms with Gasteiger partial charge in [-0.05, 0) is 26.0 Å². The number of pyridine rings is 1. The third kappa shape index (κ3) is 3.13. The molecule has 0 radical (unpaired) electrons. The van der Waals surface area contributed by atoms with Crippen LogP contribution in [0.3, 0.4) is 0 Å². The van der Waals surface area contributed by atoms with Crippen molar-refractivity contribution >= 4 is 27.3 Å². The van der Waals surface area contributed by atoms with Crippen molar-refractivity contribution in [3.8, 4) is 0 Å². The fourth-order valence-electron chi connectivity index (χ4n) is 1.80. The molecule has 1 N–H and O–H groups in total. The molecule has 1 amide bonds. The monoisotopic (exact) mass is 311 g/mol. The Kier molecular flexibility index (Phi) is 3.86. The Morgan fingerprint density at radius 2 is 2.05 bits per heavy atom. The Balaban J connectivity index is 2.27. The van der Waals surface area contributed by atoms with Crippen LogP contribution in [0.2, 0.25) is 0 Å². The van der Waals surface area contributed by atoms with Crippen LogP contribution in [0.15, 0.2) is 18.3 Å². The van der Waals surface area contributed by atoms with Crippen LogP contribution < -0.4 is 4.72 Å². The lowest BCUT2D eigenvalue weighted by Gasteiger charge is -2.18. The molecule has 0 aliphatic heterocycles. The van der Waals surface area contributed by atoms with Crippen molar-refractivity contribution in [3.63, 3.8) is 0 Å². The summed E-state index contributed by atoms with van der Waals surface area (Å²) in [6.45, 7) is 3.09. The van der Waals surface area contributed by atoms with Crippen molar-refractivity contribution < 1.29 is 13.2 Å². The maximum absolute atomic E-state index is 12.2. The van der Waals surface area contributed by atoms with Crippen LogP contribution in [-0.4, -0.2) is 53.2 Å². The Morgan fingerprint density at radius 1 is 1.38 bits per heavy atom. The third-order valence-corrected chi connectivity index (χ3v) is 4.60. The first-order chi connectivity index (χ1) is 9.70. The van der Waals surface area contributed by atoms with Gasteiger partial charge in [-0.3, -0.25) is 9.52 Å². The summed E-state index contributed by atoms with van der Waals surface area (Å²) < 4.78 is 28.2. The summed E-state index contributed by atoms with van der Waals surface area (Å²) in [5.41, 5.74) is 0.943. The fraction of sp³-hybridized carbons (Fsp3) is 0.417. The number of anilines is 1. The van der Waals surface area contributed by atoms with E-state index in [9.17, 15) is 13.2 Å². The van der Waals surface area contributed by atoms with E-state index in [1.54, 1.807) is 19.1 Å². The van der Waals surface area contributed by atoms with Crippen molar-refractivity contribution in [2.45, 2.75) is 19.1 Å². The molecule has 0 saturated carbocycles. The second-order valence-electron chi connectivity index (χ2n) is 4.90. The Hall–Kier alpha value is -2.16. The number of hydrogen-bond donors (Lipinski definition) is 1. The summed E-state index contributed by atoms with van der Waals surface area (Å²) in [4.78, 5) is 17.2. The van der Waals surface area contributed by atoms with Gasteiger partial charge in [-0.1, -0.05) is 0 Å². The Morgan fingerprint density at radius 3 is 2.67 bits per heavy atom. The van der Waals surface area contributed by atoms with Crippen LogP contribution >= 0.6 is 0 Å². The molecule has 114 valence electrons. The topological polar surface area (TPSA) is 96.7 Å². The third-order valence-electron chi connectivity index (χ3n) is 2.95. The minimum absolute atomic E-state index is 0.325. The molecule has 2 rings (SSSR count). The lowest BCUT2D eigenvalue weighted by molar-refractivity contribution is -0.127. The number of sulfonamides is 1. The van der Waals surface area contributed by atoms with Gasteiger partial charge in [-0.15, -0.1) is 0 Å². The van der Waals surface area contributed by atoms with Crippen molar-refractivity contribution in [2.75, 3.05) is 18.8 Å². The number of hydrogen-bond acceptors (Lipinski definition) is 5. The number of carbonyl (C=O) groups is 1. The van der Waals surface area contributed by atoms with Gasteiger partial charge in [0.25, 0.3) is 0 Å². The highest BCUT2D eigenvalue weighted by atomic mass is 32.2. The molecule has 21 heavy (non-hydrogen) atoms. The van der Waals surface area contributed by atoms with Gasteiger partial charge in [0.05, 0.1) is 11.9 Å². The predicted molar refractivity (Wildman–Crippen MR) is 78.4 cm³/mol. The fourth-order valence-corrected chi connectivity index (χ4v) is 2.91. The number of carbonyl (C=O) groups excluding carboxylic acids is 1. The van der Waals surface area contributed by atoms with Crippen molar-refractivity contribution in [2.24, 2.45) is 0 Å². The standard InChI is InChI=1S/C12H17N5O3S/c1-8(12(18)16(3)4)21(19,20)15-10-5-6-11-13-9(2)14-17(11)7-10/h5-8,15H,1-4H3. The molecule has 0 spiro atoms. The van der Waals surface area contributed by atoms with E-state index < -0.39 is 21.2 Å².